The zero-order valence-electron chi connectivity index (χ0n) is 13.9. The molecule has 1 fully saturated rings. The minimum absolute atomic E-state index is 0. The number of amides is 1. The average molecular weight is 381 g/mol. The van der Waals surface area contributed by atoms with E-state index in [1.807, 2.05) is 47.4 Å². The van der Waals surface area contributed by atoms with Gasteiger partial charge in [-0.2, -0.15) is 0 Å². The Morgan fingerprint density at radius 3 is 2.64 bits per heavy atom. The first kappa shape index (κ1) is 19.6. The van der Waals surface area contributed by atoms with Crippen molar-refractivity contribution >= 4 is 29.9 Å². The number of benzene rings is 2. The van der Waals surface area contributed by atoms with Crippen LogP contribution in [0, 0.1) is 0 Å². The van der Waals surface area contributed by atoms with Crippen LogP contribution in [-0.2, 0) is 6.61 Å². The van der Waals surface area contributed by atoms with Gasteiger partial charge in [0.2, 0.25) is 0 Å². The number of hydrogen-bond acceptors (Lipinski definition) is 3. The molecule has 0 spiro atoms. The van der Waals surface area contributed by atoms with Gasteiger partial charge >= 0.3 is 0 Å². The van der Waals surface area contributed by atoms with Crippen LogP contribution in [0.1, 0.15) is 28.8 Å². The summed E-state index contributed by atoms with van der Waals surface area (Å²) in [6, 6.07) is 14.9. The first-order chi connectivity index (χ1) is 11.6. The molecule has 2 N–H and O–H groups in total. The van der Waals surface area contributed by atoms with E-state index in [4.69, 9.17) is 22.1 Å². The second-order valence-corrected chi connectivity index (χ2v) is 6.50. The molecule has 0 radical (unpaired) electrons. The minimum atomic E-state index is -0.0168. The summed E-state index contributed by atoms with van der Waals surface area (Å²) >= 11 is 5.89. The van der Waals surface area contributed by atoms with Crippen LogP contribution in [0.3, 0.4) is 0 Å². The molecule has 1 aliphatic rings. The molecule has 1 amide bonds. The van der Waals surface area contributed by atoms with Crippen molar-refractivity contribution in [3.63, 3.8) is 0 Å². The number of carbonyl (C=O) groups is 1. The van der Waals surface area contributed by atoms with Gasteiger partial charge in [0.25, 0.3) is 5.91 Å². The molecule has 1 unspecified atom stereocenters. The van der Waals surface area contributed by atoms with Gasteiger partial charge in [-0.05, 0) is 42.7 Å². The standard InChI is InChI=1S/C19H21ClN2O2.ClH/c20-15-9-7-14(8-10-15)13-24-18-6-2-1-5-17(18)19(23)22-11-3-4-16(21)12-22;/h1-2,5-10,16H,3-4,11-13,21H2;1H. The summed E-state index contributed by atoms with van der Waals surface area (Å²) < 4.78 is 5.88. The molecule has 1 atom stereocenters. The Balaban J connectivity index is 0.00000225. The smallest absolute Gasteiger partial charge is 0.257 e. The van der Waals surface area contributed by atoms with Crippen molar-refractivity contribution in [1.82, 2.24) is 4.90 Å². The molecule has 3 rings (SSSR count). The average Bonchev–Trinajstić information content (AvgIpc) is 2.61. The Morgan fingerprint density at radius 2 is 1.92 bits per heavy atom. The van der Waals surface area contributed by atoms with Crippen molar-refractivity contribution < 1.29 is 9.53 Å². The van der Waals surface area contributed by atoms with Crippen molar-refractivity contribution in [2.24, 2.45) is 5.73 Å². The van der Waals surface area contributed by atoms with Crippen LogP contribution in [0.25, 0.3) is 0 Å². The summed E-state index contributed by atoms with van der Waals surface area (Å²) in [6.45, 7) is 1.74. The molecule has 0 saturated carbocycles. The topological polar surface area (TPSA) is 55.6 Å². The van der Waals surface area contributed by atoms with E-state index in [-0.39, 0.29) is 24.4 Å². The molecule has 134 valence electrons. The van der Waals surface area contributed by atoms with E-state index in [1.54, 1.807) is 6.07 Å². The maximum absolute atomic E-state index is 12.8. The molecular formula is C19H22Cl2N2O2. The lowest BCUT2D eigenvalue weighted by atomic mass is 10.0. The summed E-state index contributed by atoms with van der Waals surface area (Å²) in [5, 5.41) is 0.691. The van der Waals surface area contributed by atoms with E-state index in [1.165, 1.54) is 0 Å². The van der Waals surface area contributed by atoms with Crippen LogP contribution in [-0.4, -0.2) is 29.9 Å². The number of piperidine rings is 1. The van der Waals surface area contributed by atoms with Crippen molar-refractivity contribution in [3.05, 3.63) is 64.7 Å². The van der Waals surface area contributed by atoms with Gasteiger partial charge in [-0.3, -0.25) is 4.79 Å². The third-order valence-electron chi connectivity index (χ3n) is 4.17. The summed E-state index contributed by atoms with van der Waals surface area (Å²) in [5.74, 6) is 0.577. The maximum Gasteiger partial charge on any atom is 0.257 e. The fourth-order valence-electron chi connectivity index (χ4n) is 2.88. The molecule has 2 aromatic rings. The monoisotopic (exact) mass is 380 g/mol. The predicted molar refractivity (Wildman–Crippen MR) is 103 cm³/mol. The van der Waals surface area contributed by atoms with Gasteiger partial charge in [0, 0.05) is 24.2 Å². The quantitative estimate of drug-likeness (QED) is 0.874. The number of nitrogens with two attached hydrogens (primary N) is 1. The Hall–Kier alpha value is -1.75. The van der Waals surface area contributed by atoms with Gasteiger partial charge in [0.1, 0.15) is 12.4 Å². The Kier molecular flexibility index (Phi) is 7.12. The highest BCUT2D eigenvalue weighted by Crippen LogP contribution is 2.23. The number of ether oxygens (including phenoxy) is 1. The van der Waals surface area contributed by atoms with Crippen LogP contribution in [0.2, 0.25) is 5.02 Å². The zero-order chi connectivity index (χ0) is 16.9. The largest absolute Gasteiger partial charge is 0.488 e. The van der Waals surface area contributed by atoms with Crippen molar-refractivity contribution in [1.29, 1.82) is 0 Å². The number of hydrogen-bond donors (Lipinski definition) is 1. The van der Waals surface area contributed by atoms with Gasteiger partial charge in [-0.1, -0.05) is 35.9 Å². The van der Waals surface area contributed by atoms with E-state index in [0.29, 0.717) is 29.5 Å². The molecule has 1 saturated heterocycles. The lowest BCUT2D eigenvalue weighted by Gasteiger charge is -2.31. The minimum Gasteiger partial charge on any atom is -0.488 e. The molecule has 1 aliphatic heterocycles. The van der Waals surface area contributed by atoms with Crippen LogP contribution in [0.5, 0.6) is 5.75 Å². The normalized spacial score (nSPS) is 16.9. The van der Waals surface area contributed by atoms with Crippen molar-refractivity contribution in [3.8, 4) is 5.75 Å². The Morgan fingerprint density at radius 1 is 1.20 bits per heavy atom. The van der Waals surface area contributed by atoms with E-state index < -0.39 is 0 Å². The lowest BCUT2D eigenvalue weighted by molar-refractivity contribution is 0.0704. The predicted octanol–water partition coefficient (Wildman–Crippen LogP) is 3.90. The SMILES string of the molecule is Cl.NC1CCCN(C(=O)c2ccccc2OCc2ccc(Cl)cc2)C1. The zero-order valence-corrected chi connectivity index (χ0v) is 15.4. The number of nitrogens with zero attached hydrogens (tertiary/aromatic N) is 1. The summed E-state index contributed by atoms with van der Waals surface area (Å²) in [6.07, 6.45) is 1.92. The Bertz CT molecular complexity index is 707. The summed E-state index contributed by atoms with van der Waals surface area (Å²) in [5.41, 5.74) is 7.58. The number of halogens is 2. The highest BCUT2D eigenvalue weighted by molar-refractivity contribution is 6.30. The molecule has 0 bridgehead atoms. The number of likely N-dealkylation sites (tertiary alicyclic amines) is 1. The van der Waals surface area contributed by atoms with E-state index in [0.717, 1.165) is 24.9 Å². The van der Waals surface area contributed by atoms with E-state index in [2.05, 4.69) is 0 Å². The Labute approximate surface area is 159 Å². The molecule has 0 aromatic heterocycles. The second-order valence-electron chi connectivity index (χ2n) is 6.06. The van der Waals surface area contributed by atoms with Crippen LogP contribution < -0.4 is 10.5 Å². The molecule has 0 aliphatic carbocycles. The van der Waals surface area contributed by atoms with Gasteiger partial charge in [0.15, 0.2) is 0 Å². The molecule has 1 heterocycles. The van der Waals surface area contributed by atoms with Gasteiger partial charge in [0.05, 0.1) is 5.56 Å². The molecular weight excluding hydrogens is 359 g/mol. The molecule has 2 aromatic carbocycles. The van der Waals surface area contributed by atoms with Crippen LogP contribution >= 0.6 is 24.0 Å². The van der Waals surface area contributed by atoms with Crippen LogP contribution in [0.4, 0.5) is 0 Å². The maximum atomic E-state index is 12.8. The van der Waals surface area contributed by atoms with Gasteiger partial charge < -0.3 is 15.4 Å². The number of para-hydroxylation sites is 1. The second kappa shape index (κ2) is 9.09. The highest BCUT2D eigenvalue weighted by atomic mass is 35.5. The third kappa shape index (κ3) is 5.11. The van der Waals surface area contributed by atoms with Gasteiger partial charge in [-0.25, -0.2) is 0 Å². The highest BCUT2D eigenvalue weighted by Gasteiger charge is 2.24. The first-order valence-electron chi connectivity index (χ1n) is 8.14. The van der Waals surface area contributed by atoms with E-state index in [9.17, 15) is 4.79 Å². The van der Waals surface area contributed by atoms with Crippen molar-refractivity contribution in [2.75, 3.05) is 13.1 Å². The molecule has 6 heteroatoms. The number of rotatable bonds is 4. The third-order valence-corrected chi connectivity index (χ3v) is 4.42. The van der Waals surface area contributed by atoms with Crippen LogP contribution in [0.15, 0.2) is 48.5 Å². The van der Waals surface area contributed by atoms with Crippen molar-refractivity contribution in [2.45, 2.75) is 25.5 Å². The summed E-state index contributed by atoms with van der Waals surface area (Å²) in [7, 11) is 0. The molecule has 25 heavy (non-hydrogen) atoms. The fourth-order valence-corrected chi connectivity index (χ4v) is 3.00. The number of carbonyl (C=O) groups excluding carboxylic acids is 1. The fraction of sp³-hybridized carbons (Fsp3) is 0.316. The van der Waals surface area contributed by atoms with Gasteiger partial charge in [-0.15, -0.1) is 12.4 Å². The van der Waals surface area contributed by atoms with E-state index >= 15 is 0 Å². The first-order valence-corrected chi connectivity index (χ1v) is 8.52. The summed E-state index contributed by atoms with van der Waals surface area (Å²) in [4.78, 5) is 14.6. The lowest BCUT2D eigenvalue weighted by Crippen LogP contribution is -2.45. The molecule has 4 nitrogen and oxygen atoms in total.